The Morgan fingerprint density at radius 1 is 1.17 bits per heavy atom. The Bertz CT molecular complexity index is 747. The molecule has 0 saturated heterocycles. The minimum Gasteiger partial charge on any atom is -0.396 e. The predicted octanol–water partition coefficient (Wildman–Crippen LogP) is 4.12. The molecule has 1 amide bonds. The van der Waals surface area contributed by atoms with Crippen molar-refractivity contribution < 1.29 is 22.4 Å². The van der Waals surface area contributed by atoms with Gasteiger partial charge in [0.25, 0.3) is 5.91 Å². The quantitative estimate of drug-likeness (QED) is 0.611. The van der Waals surface area contributed by atoms with Crippen LogP contribution in [0.25, 0.3) is 0 Å². The normalized spacial score (nSPS) is 11.3. The number of anilines is 1. The van der Waals surface area contributed by atoms with Gasteiger partial charge in [-0.15, -0.1) is 0 Å². The molecule has 23 heavy (non-hydrogen) atoms. The second-order valence-electron chi connectivity index (χ2n) is 4.66. The molecule has 8 heteroatoms. The first-order valence-corrected chi connectivity index (χ1v) is 7.18. The van der Waals surface area contributed by atoms with Crippen LogP contribution in [0.5, 0.6) is 0 Å². The summed E-state index contributed by atoms with van der Waals surface area (Å²) >= 11 is 3.07. The van der Waals surface area contributed by atoms with E-state index in [1.54, 1.807) is 0 Å². The molecule has 3 N–H and O–H groups in total. The number of hydrogen-bond donors (Lipinski definition) is 2. The van der Waals surface area contributed by atoms with Crippen LogP contribution in [0, 0.1) is 5.82 Å². The SMILES string of the molecule is Nc1c(F)ccc(Br)c1C(=O)NCc1ccccc1C(F)(F)F. The number of hydrogen-bond acceptors (Lipinski definition) is 2. The summed E-state index contributed by atoms with van der Waals surface area (Å²) < 4.78 is 52.3. The molecule has 122 valence electrons. The maximum absolute atomic E-state index is 13.4. The van der Waals surface area contributed by atoms with Crippen molar-refractivity contribution in [3.8, 4) is 0 Å². The van der Waals surface area contributed by atoms with Crippen molar-refractivity contribution in [3.63, 3.8) is 0 Å². The molecule has 2 rings (SSSR count). The molecule has 0 radical (unpaired) electrons. The minimum absolute atomic E-state index is 0.0977. The molecule has 0 bridgehead atoms. The monoisotopic (exact) mass is 390 g/mol. The molecule has 0 aliphatic rings. The van der Waals surface area contributed by atoms with Crippen LogP contribution in [-0.2, 0) is 12.7 Å². The average Bonchev–Trinajstić information content (AvgIpc) is 2.49. The zero-order valence-corrected chi connectivity index (χ0v) is 13.1. The molecule has 0 spiro atoms. The van der Waals surface area contributed by atoms with Crippen LogP contribution in [0.1, 0.15) is 21.5 Å². The minimum atomic E-state index is -4.53. The van der Waals surface area contributed by atoms with E-state index < -0.39 is 23.5 Å². The lowest BCUT2D eigenvalue weighted by molar-refractivity contribution is -0.138. The van der Waals surface area contributed by atoms with E-state index in [0.29, 0.717) is 0 Å². The van der Waals surface area contributed by atoms with Gasteiger partial charge in [-0.3, -0.25) is 4.79 Å². The molecule has 2 aromatic carbocycles. The van der Waals surface area contributed by atoms with Gasteiger partial charge in [0.15, 0.2) is 0 Å². The Balaban J connectivity index is 2.23. The van der Waals surface area contributed by atoms with E-state index in [9.17, 15) is 22.4 Å². The van der Waals surface area contributed by atoms with Gasteiger partial charge in [0, 0.05) is 11.0 Å². The molecule has 0 aromatic heterocycles. The van der Waals surface area contributed by atoms with E-state index in [2.05, 4.69) is 21.2 Å². The summed E-state index contributed by atoms with van der Waals surface area (Å²) in [5, 5.41) is 2.32. The number of carbonyl (C=O) groups excluding carboxylic acids is 1. The molecule has 0 saturated carbocycles. The molecule has 0 heterocycles. The van der Waals surface area contributed by atoms with Crippen molar-refractivity contribution >= 4 is 27.5 Å². The number of nitrogens with two attached hydrogens (primary N) is 1. The number of benzene rings is 2. The van der Waals surface area contributed by atoms with Gasteiger partial charge in [-0.2, -0.15) is 13.2 Å². The van der Waals surface area contributed by atoms with Gasteiger partial charge in [-0.1, -0.05) is 18.2 Å². The fraction of sp³-hybridized carbons (Fsp3) is 0.133. The highest BCUT2D eigenvalue weighted by Gasteiger charge is 2.32. The summed E-state index contributed by atoms with van der Waals surface area (Å²) in [7, 11) is 0. The fourth-order valence-corrected chi connectivity index (χ4v) is 2.54. The summed E-state index contributed by atoms with van der Waals surface area (Å²) in [6.07, 6.45) is -4.53. The van der Waals surface area contributed by atoms with Crippen LogP contribution in [0.3, 0.4) is 0 Å². The standard InChI is InChI=1S/C15H11BrF4N2O/c16-10-5-6-11(17)13(21)12(10)14(23)22-7-8-3-1-2-4-9(8)15(18,19)20/h1-6H,7,21H2,(H,22,23). The van der Waals surface area contributed by atoms with Gasteiger partial charge in [-0.05, 0) is 39.7 Å². The lowest BCUT2D eigenvalue weighted by Crippen LogP contribution is -2.26. The van der Waals surface area contributed by atoms with Crippen LogP contribution in [-0.4, -0.2) is 5.91 Å². The molecular weight excluding hydrogens is 380 g/mol. The summed E-state index contributed by atoms with van der Waals surface area (Å²) in [5.41, 5.74) is 4.04. The molecule has 2 aromatic rings. The van der Waals surface area contributed by atoms with Crippen molar-refractivity contribution in [2.45, 2.75) is 12.7 Å². The van der Waals surface area contributed by atoms with Crippen LogP contribution in [0.2, 0.25) is 0 Å². The van der Waals surface area contributed by atoms with Crippen LogP contribution in [0.15, 0.2) is 40.9 Å². The van der Waals surface area contributed by atoms with Crippen molar-refractivity contribution in [1.29, 1.82) is 0 Å². The number of rotatable bonds is 3. The predicted molar refractivity (Wildman–Crippen MR) is 81.1 cm³/mol. The highest BCUT2D eigenvalue weighted by atomic mass is 79.9. The van der Waals surface area contributed by atoms with Crippen molar-refractivity contribution in [2.75, 3.05) is 5.73 Å². The third kappa shape index (κ3) is 3.82. The van der Waals surface area contributed by atoms with Gasteiger partial charge in [0.05, 0.1) is 16.8 Å². The highest BCUT2D eigenvalue weighted by molar-refractivity contribution is 9.10. The first-order chi connectivity index (χ1) is 10.7. The third-order valence-corrected chi connectivity index (χ3v) is 3.79. The van der Waals surface area contributed by atoms with Crippen molar-refractivity contribution in [2.24, 2.45) is 0 Å². The Morgan fingerprint density at radius 2 is 1.83 bits per heavy atom. The lowest BCUT2D eigenvalue weighted by atomic mass is 10.1. The lowest BCUT2D eigenvalue weighted by Gasteiger charge is -2.14. The molecular formula is C15H11BrF4N2O. The van der Waals surface area contributed by atoms with Gasteiger partial charge in [0.1, 0.15) is 5.82 Å². The second kappa shape index (κ2) is 6.57. The van der Waals surface area contributed by atoms with Crippen LogP contribution < -0.4 is 11.1 Å². The van der Waals surface area contributed by atoms with Gasteiger partial charge in [-0.25, -0.2) is 4.39 Å². The van der Waals surface area contributed by atoms with Crippen LogP contribution in [0.4, 0.5) is 23.2 Å². The Morgan fingerprint density at radius 3 is 2.48 bits per heavy atom. The van der Waals surface area contributed by atoms with E-state index in [-0.39, 0.29) is 27.8 Å². The van der Waals surface area contributed by atoms with Crippen molar-refractivity contribution in [1.82, 2.24) is 5.32 Å². The molecule has 0 aliphatic heterocycles. The Labute approximate surface area is 137 Å². The van der Waals surface area contributed by atoms with E-state index in [0.717, 1.165) is 12.1 Å². The van der Waals surface area contributed by atoms with Gasteiger partial charge >= 0.3 is 6.18 Å². The summed E-state index contributed by atoms with van der Waals surface area (Å²) in [4.78, 5) is 12.1. The number of alkyl halides is 3. The Kier molecular flexibility index (Phi) is 4.93. The average molecular weight is 391 g/mol. The van der Waals surface area contributed by atoms with E-state index in [4.69, 9.17) is 5.73 Å². The first-order valence-electron chi connectivity index (χ1n) is 6.38. The summed E-state index contributed by atoms with van der Waals surface area (Å²) in [6.45, 7) is -0.364. The smallest absolute Gasteiger partial charge is 0.396 e. The third-order valence-electron chi connectivity index (χ3n) is 3.13. The molecule has 0 unspecified atom stereocenters. The van der Waals surface area contributed by atoms with E-state index >= 15 is 0 Å². The number of halogens is 5. The first kappa shape index (κ1) is 17.3. The maximum atomic E-state index is 13.4. The molecule has 3 nitrogen and oxygen atoms in total. The Hall–Kier alpha value is -2.09. The topological polar surface area (TPSA) is 55.1 Å². The number of amides is 1. The summed E-state index contributed by atoms with van der Waals surface area (Å²) in [6, 6.07) is 7.25. The maximum Gasteiger partial charge on any atom is 0.416 e. The fourth-order valence-electron chi connectivity index (χ4n) is 2.01. The highest BCUT2D eigenvalue weighted by Crippen LogP contribution is 2.32. The molecule has 0 atom stereocenters. The molecule has 0 fully saturated rings. The number of nitrogens with one attached hydrogen (secondary N) is 1. The van der Waals surface area contributed by atoms with Crippen LogP contribution >= 0.6 is 15.9 Å². The summed E-state index contributed by atoms with van der Waals surface area (Å²) in [5.74, 6) is -1.56. The largest absolute Gasteiger partial charge is 0.416 e. The van der Waals surface area contributed by atoms with Gasteiger partial charge in [0.2, 0.25) is 0 Å². The van der Waals surface area contributed by atoms with Crippen molar-refractivity contribution in [3.05, 3.63) is 63.4 Å². The van der Waals surface area contributed by atoms with Gasteiger partial charge < -0.3 is 11.1 Å². The number of nitrogen functional groups attached to an aromatic ring is 1. The zero-order valence-electron chi connectivity index (χ0n) is 11.5. The van der Waals surface area contributed by atoms with E-state index in [1.165, 1.54) is 24.3 Å². The second-order valence-corrected chi connectivity index (χ2v) is 5.51. The van der Waals surface area contributed by atoms with E-state index in [1.807, 2.05) is 0 Å². The zero-order chi connectivity index (χ0) is 17.2. The molecule has 0 aliphatic carbocycles. The number of carbonyl (C=O) groups is 1.